The Morgan fingerprint density at radius 2 is 1.71 bits per heavy atom. The molecule has 7 nitrogen and oxygen atoms in total. The van der Waals surface area contributed by atoms with Crippen molar-refractivity contribution in [1.29, 1.82) is 0 Å². The Bertz CT molecular complexity index is 1110. The molecule has 184 valence electrons. The molecule has 2 aromatic rings. The normalized spacial score (nSPS) is 15.6. The number of carbonyl (C=O) groups is 2. The molecule has 11 heteroatoms. The first-order valence-corrected chi connectivity index (χ1v) is 12.0. The monoisotopic (exact) mass is 498 g/mol. The van der Waals surface area contributed by atoms with E-state index in [1.165, 1.54) is 4.90 Å². The van der Waals surface area contributed by atoms with E-state index < -0.39 is 45.2 Å². The van der Waals surface area contributed by atoms with Crippen LogP contribution in [0.3, 0.4) is 0 Å². The lowest BCUT2D eigenvalue weighted by atomic mass is 9.98. The van der Waals surface area contributed by atoms with E-state index in [2.05, 4.69) is 0 Å². The Kier molecular flexibility index (Phi) is 7.98. The maximum Gasteiger partial charge on any atom is 0.416 e. The van der Waals surface area contributed by atoms with E-state index in [9.17, 15) is 31.2 Å². The molecular formula is C23H25F3N2O5S. The fourth-order valence-corrected chi connectivity index (χ4v) is 5.14. The summed E-state index contributed by atoms with van der Waals surface area (Å²) in [6, 6.07) is 12.9. The van der Waals surface area contributed by atoms with E-state index in [1.54, 1.807) is 7.05 Å². The number of benzene rings is 2. The molecule has 0 radical (unpaired) electrons. The third-order valence-electron chi connectivity index (χ3n) is 5.61. The number of likely N-dealkylation sites (N-methyl/N-ethyl adjacent to an activating group) is 1. The van der Waals surface area contributed by atoms with Gasteiger partial charge in [-0.2, -0.15) is 17.5 Å². The van der Waals surface area contributed by atoms with Crippen molar-refractivity contribution in [1.82, 2.24) is 9.21 Å². The molecule has 0 N–H and O–H groups in total. The molecule has 1 amide bonds. The highest BCUT2D eigenvalue weighted by atomic mass is 32.2. The highest BCUT2D eigenvalue weighted by Crippen LogP contribution is 2.32. The summed E-state index contributed by atoms with van der Waals surface area (Å²) in [5.74, 6) is -1.57. The van der Waals surface area contributed by atoms with Crippen molar-refractivity contribution in [3.63, 3.8) is 0 Å². The number of nitrogens with zero attached hydrogens (tertiary/aromatic N) is 2. The Hall–Kier alpha value is -2.92. The van der Waals surface area contributed by atoms with E-state index >= 15 is 0 Å². The molecule has 3 rings (SSSR count). The second-order valence-electron chi connectivity index (χ2n) is 8.05. The topological polar surface area (TPSA) is 84.0 Å². The van der Waals surface area contributed by atoms with Crippen LogP contribution in [0, 0.1) is 5.92 Å². The third kappa shape index (κ3) is 6.35. The van der Waals surface area contributed by atoms with Crippen LogP contribution in [0.4, 0.5) is 13.2 Å². The van der Waals surface area contributed by atoms with Crippen LogP contribution in [0.2, 0.25) is 0 Å². The van der Waals surface area contributed by atoms with Gasteiger partial charge in [0.1, 0.15) is 0 Å². The number of hydrogen-bond acceptors (Lipinski definition) is 5. The third-order valence-corrected chi connectivity index (χ3v) is 7.51. The number of ether oxygens (including phenoxy) is 1. The Morgan fingerprint density at radius 1 is 1.06 bits per heavy atom. The standard InChI is InChI=1S/C23H25F3N2O5S/c1-27(15-17-6-3-2-4-7-17)21(29)16-33-22(30)18-10-12-28(13-11-18)34(31,32)20-9-5-8-19(14-20)23(24,25)26/h2-9,14,18H,10-13,15-16H2,1H3. The largest absolute Gasteiger partial charge is 0.455 e. The van der Waals surface area contributed by atoms with E-state index in [1.807, 2.05) is 30.3 Å². The van der Waals surface area contributed by atoms with Crippen LogP contribution < -0.4 is 0 Å². The zero-order valence-corrected chi connectivity index (χ0v) is 19.3. The van der Waals surface area contributed by atoms with Crippen LogP contribution in [-0.4, -0.2) is 56.2 Å². The number of amides is 1. The van der Waals surface area contributed by atoms with Crippen molar-refractivity contribution >= 4 is 21.9 Å². The van der Waals surface area contributed by atoms with Crippen LogP contribution in [-0.2, 0) is 37.1 Å². The van der Waals surface area contributed by atoms with Crippen LogP contribution in [0.1, 0.15) is 24.0 Å². The lowest BCUT2D eigenvalue weighted by Crippen LogP contribution is -2.41. The minimum absolute atomic E-state index is 0.0415. The smallest absolute Gasteiger partial charge is 0.416 e. The van der Waals surface area contributed by atoms with Gasteiger partial charge in [-0.15, -0.1) is 0 Å². The van der Waals surface area contributed by atoms with Gasteiger partial charge in [-0.1, -0.05) is 36.4 Å². The van der Waals surface area contributed by atoms with Gasteiger partial charge in [0.05, 0.1) is 16.4 Å². The summed E-state index contributed by atoms with van der Waals surface area (Å²) < 4.78 is 70.6. The zero-order chi connectivity index (χ0) is 24.9. The van der Waals surface area contributed by atoms with Crippen molar-refractivity contribution in [2.75, 3.05) is 26.7 Å². The molecule has 0 spiro atoms. The molecule has 0 bridgehead atoms. The number of esters is 1. The van der Waals surface area contributed by atoms with Crippen LogP contribution >= 0.6 is 0 Å². The van der Waals surface area contributed by atoms with Gasteiger partial charge in [0.2, 0.25) is 10.0 Å². The van der Waals surface area contributed by atoms with Crippen LogP contribution in [0.25, 0.3) is 0 Å². The van der Waals surface area contributed by atoms with E-state index in [0.717, 1.165) is 28.1 Å². The summed E-state index contributed by atoms with van der Waals surface area (Å²) in [7, 11) is -2.54. The predicted octanol–water partition coefficient (Wildman–Crippen LogP) is 3.31. The molecule has 0 atom stereocenters. The molecule has 0 saturated carbocycles. The summed E-state index contributed by atoms with van der Waals surface area (Å²) in [4.78, 5) is 25.6. The van der Waals surface area contributed by atoms with Crippen LogP contribution in [0.15, 0.2) is 59.5 Å². The minimum atomic E-state index is -4.66. The zero-order valence-electron chi connectivity index (χ0n) is 18.5. The molecule has 1 heterocycles. The van der Waals surface area contributed by atoms with Gasteiger partial charge in [-0.25, -0.2) is 8.42 Å². The number of hydrogen-bond donors (Lipinski definition) is 0. The fraction of sp³-hybridized carbons (Fsp3) is 0.391. The number of rotatable bonds is 7. The molecule has 1 saturated heterocycles. The van der Waals surface area contributed by atoms with Crippen LogP contribution in [0.5, 0.6) is 0 Å². The van der Waals surface area contributed by atoms with Crippen molar-refractivity contribution in [3.8, 4) is 0 Å². The van der Waals surface area contributed by atoms with Crippen molar-refractivity contribution in [2.24, 2.45) is 5.92 Å². The molecular weight excluding hydrogens is 473 g/mol. The predicted molar refractivity (Wildman–Crippen MR) is 117 cm³/mol. The highest BCUT2D eigenvalue weighted by Gasteiger charge is 2.35. The molecule has 1 aliphatic rings. The highest BCUT2D eigenvalue weighted by molar-refractivity contribution is 7.89. The molecule has 2 aromatic carbocycles. The first-order valence-electron chi connectivity index (χ1n) is 10.6. The second-order valence-corrected chi connectivity index (χ2v) is 9.98. The first-order chi connectivity index (χ1) is 16.0. The minimum Gasteiger partial charge on any atom is -0.455 e. The van der Waals surface area contributed by atoms with E-state index in [0.29, 0.717) is 12.6 Å². The lowest BCUT2D eigenvalue weighted by molar-refractivity contribution is -0.156. The average molecular weight is 499 g/mol. The summed E-state index contributed by atoms with van der Waals surface area (Å²) in [5, 5.41) is 0. The number of piperidine rings is 1. The van der Waals surface area contributed by atoms with Gasteiger partial charge in [-0.3, -0.25) is 9.59 Å². The summed E-state index contributed by atoms with van der Waals surface area (Å²) in [6.07, 6.45) is -4.37. The lowest BCUT2D eigenvalue weighted by Gasteiger charge is -2.30. The fourth-order valence-electron chi connectivity index (χ4n) is 3.62. The maximum atomic E-state index is 12.9. The molecule has 34 heavy (non-hydrogen) atoms. The number of sulfonamides is 1. The van der Waals surface area contributed by atoms with Gasteiger partial charge in [0, 0.05) is 26.7 Å². The quantitative estimate of drug-likeness (QED) is 0.547. The summed E-state index contributed by atoms with van der Waals surface area (Å²) in [5.41, 5.74) is -0.118. The Labute approximate surface area is 196 Å². The average Bonchev–Trinajstić information content (AvgIpc) is 2.82. The van der Waals surface area contributed by atoms with E-state index in [-0.39, 0.29) is 31.8 Å². The Morgan fingerprint density at radius 3 is 2.32 bits per heavy atom. The molecule has 1 aliphatic heterocycles. The maximum absolute atomic E-state index is 12.9. The van der Waals surface area contributed by atoms with E-state index in [4.69, 9.17) is 4.74 Å². The van der Waals surface area contributed by atoms with Gasteiger partial charge >= 0.3 is 12.1 Å². The van der Waals surface area contributed by atoms with Crippen molar-refractivity contribution in [3.05, 3.63) is 65.7 Å². The molecule has 1 fully saturated rings. The van der Waals surface area contributed by atoms with Gasteiger partial charge in [0.25, 0.3) is 5.91 Å². The molecule has 0 aromatic heterocycles. The Balaban J connectivity index is 1.51. The second kappa shape index (κ2) is 10.6. The van der Waals surface area contributed by atoms with Crippen molar-refractivity contribution < 1.29 is 35.9 Å². The number of carbonyl (C=O) groups excluding carboxylic acids is 2. The number of halogens is 3. The number of alkyl halides is 3. The van der Waals surface area contributed by atoms with Gasteiger partial charge < -0.3 is 9.64 Å². The van der Waals surface area contributed by atoms with Gasteiger partial charge in [0.15, 0.2) is 6.61 Å². The summed E-state index contributed by atoms with van der Waals surface area (Å²) in [6.45, 7) is -0.145. The molecule has 0 unspecified atom stereocenters. The first kappa shape index (κ1) is 25.7. The summed E-state index contributed by atoms with van der Waals surface area (Å²) >= 11 is 0. The molecule has 0 aliphatic carbocycles. The SMILES string of the molecule is CN(Cc1ccccc1)C(=O)COC(=O)C1CCN(S(=O)(=O)c2cccc(C(F)(F)F)c2)CC1. The van der Waals surface area contributed by atoms with Gasteiger partial charge in [-0.05, 0) is 36.6 Å². The van der Waals surface area contributed by atoms with Crippen molar-refractivity contribution in [2.45, 2.75) is 30.5 Å².